The first-order valence-electron chi connectivity index (χ1n) is 13.0. The van der Waals surface area contributed by atoms with E-state index in [0.717, 1.165) is 46.2 Å². The highest BCUT2D eigenvalue weighted by atomic mass is 35.5. The summed E-state index contributed by atoms with van der Waals surface area (Å²) in [5.74, 6) is -1.11. The van der Waals surface area contributed by atoms with Crippen LogP contribution >= 0.6 is 22.9 Å². The van der Waals surface area contributed by atoms with Crippen LogP contribution in [0.2, 0.25) is 5.02 Å². The minimum Gasteiger partial charge on any atom is -0.478 e. The van der Waals surface area contributed by atoms with Gasteiger partial charge in [0.25, 0.3) is 5.79 Å². The van der Waals surface area contributed by atoms with E-state index in [2.05, 4.69) is 0 Å². The molecular formula is C30H23ClFN3O5S. The van der Waals surface area contributed by atoms with Gasteiger partial charge in [0.1, 0.15) is 16.6 Å². The van der Waals surface area contributed by atoms with Crippen molar-refractivity contribution >= 4 is 39.9 Å². The lowest BCUT2D eigenvalue weighted by molar-refractivity contribution is -0.0705. The maximum Gasteiger partial charge on any atom is 0.335 e. The Bertz CT molecular complexity index is 1830. The van der Waals surface area contributed by atoms with Gasteiger partial charge < -0.3 is 23.9 Å². The normalized spacial score (nSPS) is 19.4. The van der Waals surface area contributed by atoms with Crippen LogP contribution in [0.25, 0.3) is 21.6 Å². The number of carbonyl (C=O) groups is 1. The number of carboxylic acid groups (broad SMARTS) is 1. The third-order valence-corrected chi connectivity index (χ3v) is 8.54. The van der Waals surface area contributed by atoms with Crippen molar-refractivity contribution in [2.45, 2.75) is 38.2 Å². The molecule has 2 aromatic heterocycles. The third-order valence-electron chi connectivity index (χ3n) is 7.38. The summed E-state index contributed by atoms with van der Waals surface area (Å²) in [7, 11) is 0. The van der Waals surface area contributed by atoms with E-state index in [4.69, 9.17) is 35.8 Å². The van der Waals surface area contributed by atoms with Gasteiger partial charge >= 0.3 is 5.97 Å². The lowest BCUT2D eigenvalue weighted by Gasteiger charge is -2.27. The number of nitrogens with zero attached hydrogens (tertiary/aromatic N) is 3. The van der Waals surface area contributed by atoms with Gasteiger partial charge in [-0.3, -0.25) is 0 Å². The lowest BCUT2D eigenvalue weighted by atomic mass is 10.1. The zero-order chi connectivity index (χ0) is 28.3. The van der Waals surface area contributed by atoms with Gasteiger partial charge in [-0.15, -0.1) is 11.3 Å². The first-order valence-corrected chi connectivity index (χ1v) is 14.3. The van der Waals surface area contributed by atoms with Crippen molar-refractivity contribution in [3.05, 3.63) is 93.5 Å². The molecule has 1 unspecified atom stereocenters. The van der Waals surface area contributed by atoms with Gasteiger partial charge in [-0.2, -0.15) is 0 Å². The van der Waals surface area contributed by atoms with E-state index < -0.39 is 17.6 Å². The third kappa shape index (κ3) is 4.61. The number of fused-ring (bicyclic) bond motifs is 2. The molecule has 5 aromatic rings. The molecule has 2 atom stereocenters. The van der Waals surface area contributed by atoms with Gasteiger partial charge in [0, 0.05) is 30.4 Å². The van der Waals surface area contributed by atoms with Crippen LogP contribution in [-0.4, -0.2) is 38.3 Å². The molecule has 1 N–H and O–H groups in total. The second kappa shape index (κ2) is 9.83. The SMILES string of the molecule is CC1(c2ccc(Cl)cc2F)Oc2cccc(-c3nc(Cc4nc5ccc(C(=O)O)cc5n4C[C@@H]4CCO4)cs3)c2O1. The Balaban J connectivity index is 1.20. The molecular weight excluding hydrogens is 569 g/mol. The molecule has 0 spiro atoms. The van der Waals surface area contributed by atoms with Gasteiger partial charge in [-0.1, -0.05) is 17.7 Å². The Morgan fingerprint density at radius 2 is 2.05 bits per heavy atom. The van der Waals surface area contributed by atoms with E-state index >= 15 is 0 Å². The zero-order valence-corrected chi connectivity index (χ0v) is 23.3. The number of para-hydroxylation sites is 1. The summed E-state index contributed by atoms with van der Waals surface area (Å²) < 4.78 is 34.8. The quantitative estimate of drug-likeness (QED) is 0.226. The van der Waals surface area contributed by atoms with Gasteiger partial charge in [-0.05, 0) is 55.0 Å². The largest absolute Gasteiger partial charge is 0.478 e. The molecule has 2 aliphatic heterocycles. The predicted octanol–water partition coefficient (Wildman–Crippen LogP) is 6.67. The molecule has 7 rings (SSSR count). The van der Waals surface area contributed by atoms with Crippen molar-refractivity contribution in [1.29, 1.82) is 0 Å². The van der Waals surface area contributed by atoms with Crippen molar-refractivity contribution < 1.29 is 28.5 Å². The van der Waals surface area contributed by atoms with E-state index in [1.54, 1.807) is 43.3 Å². The van der Waals surface area contributed by atoms with Gasteiger partial charge in [0.2, 0.25) is 0 Å². The number of carboxylic acids is 1. The van der Waals surface area contributed by atoms with Crippen LogP contribution in [0.3, 0.4) is 0 Å². The fourth-order valence-corrected chi connectivity index (χ4v) is 6.21. The summed E-state index contributed by atoms with van der Waals surface area (Å²) in [4.78, 5) is 21.3. The molecule has 4 heterocycles. The monoisotopic (exact) mass is 591 g/mol. The second-order valence-corrected chi connectivity index (χ2v) is 11.5. The Morgan fingerprint density at radius 3 is 2.80 bits per heavy atom. The number of ether oxygens (including phenoxy) is 3. The number of rotatable bonds is 7. The highest BCUT2D eigenvalue weighted by Crippen LogP contribution is 2.50. The van der Waals surface area contributed by atoms with E-state index in [1.165, 1.54) is 17.4 Å². The van der Waals surface area contributed by atoms with Crippen LogP contribution in [0.1, 0.15) is 40.8 Å². The minimum absolute atomic E-state index is 0.0643. The molecule has 11 heteroatoms. The maximum absolute atomic E-state index is 14.8. The smallest absolute Gasteiger partial charge is 0.335 e. The molecule has 2 aliphatic rings. The van der Waals surface area contributed by atoms with Crippen LogP contribution in [0.15, 0.2) is 60.0 Å². The number of thiazole rings is 1. The molecule has 1 fully saturated rings. The van der Waals surface area contributed by atoms with Gasteiger partial charge in [0.05, 0.1) is 46.1 Å². The second-order valence-electron chi connectivity index (χ2n) is 10.2. The summed E-state index contributed by atoms with van der Waals surface area (Å²) in [6, 6.07) is 14.9. The first-order chi connectivity index (χ1) is 19.8. The summed E-state index contributed by atoms with van der Waals surface area (Å²) >= 11 is 7.41. The topological polar surface area (TPSA) is 95.7 Å². The molecule has 0 aliphatic carbocycles. The maximum atomic E-state index is 14.8. The van der Waals surface area contributed by atoms with Crippen LogP contribution in [-0.2, 0) is 23.5 Å². The molecule has 41 heavy (non-hydrogen) atoms. The van der Waals surface area contributed by atoms with Gasteiger partial charge in [0.15, 0.2) is 11.5 Å². The molecule has 8 nitrogen and oxygen atoms in total. The minimum atomic E-state index is -1.36. The van der Waals surface area contributed by atoms with Crippen LogP contribution in [0, 0.1) is 5.82 Å². The fourth-order valence-electron chi connectivity index (χ4n) is 5.21. The number of aromatic carboxylic acids is 1. The predicted molar refractivity (Wildman–Crippen MR) is 151 cm³/mol. The highest BCUT2D eigenvalue weighted by molar-refractivity contribution is 7.13. The molecule has 0 bridgehead atoms. The standard InChI is InChI=1S/C30H23ClFN3O5S/c1-30(21-7-6-17(31)12-22(21)32)39-25-4-2-3-20(27(25)40-30)28-33-18(15-41-28)13-26-34-23-8-5-16(29(36)37)11-24(23)35(26)14-19-9-10-38-19/h2-8,11-12,15,19H,9-10,13-14H2,1H3,(H,36,37)/t19-,30?/m0/s1. The Labute approximate surface area is 242 Å². The molecule has 0 amide bonds. The average molecular weight is 592 g/mol. The lowest BCUT2D eigenvalue weighted by Crippen LogP contribution is -2.32. The summed E-state index contributed by atoms with van der Waals surface area (Å²) in [6.07, 6.45) is 1.45. The van der Waals surface area contributed by atoms with E-state index in [0.29, 0.717) is 24.5 Å². The number of imidazole rings is 1. The zero-order valence-electron chi connectivity index (χ0n) is 21.8. The fraction of sp³-hybridized carbons (Fsp3) is 0.233. The van der Waals surface area contributed by atoms with Crippen LogP contribution in [0.4, 0.5) is 4.39 Å². The van der Waals surface area contributed by atoms with E-state index in [9.17, 15) is 14.3 Å². The molecule has 208 valence electrons. The molecule has 0 saturated carbocycles. The molecule has 3 aromatic carbocycles. The van der Waals surface area contributed by atoms with E-state index in [-0.39, 0.29) is 22.3 Å². The number of hydrogen-bond donors (Lipinski definition) is 1. The van der Waals surface area contributed by atoms with Crippen molar-refractivity contribution in [2.75, 3.05) is 6.61 Å². The Morgan fingerprint density at radius 1 is 1.20 bits per heavy atom. The molecule has 0 radical (unpaired) electrons. The summed E-state index contributed by atoms with van der Waals surface area (Å²) in [6.45, 7) is 2.98. The number of hydrogen-bond acceptors (Lipinski definition) is 7. The first kappa shape index (κ1) is 25.9. The summed E-state index contributed by atoms with van der Waals surface area (Å²) in [5, 5.41) is 12.5. The van der Waals surface area contributed by atoms with E-state index in [1.807, 2.05) is 22.1 Å². The number of benzene rings is 3. The number of aromatic nitrogens is 3. The Kier molecular flexibility index (Phi) is 6.22. The van der Waals surface area contributed by atoms with Crippen LogP contribution < -0.4 is 9.47 Å². The van der Waals surface area contributed by atoms with Gasteiger partial charge in [-0.25, -0.2) is 19.2 Å². The number of halogens is 2. The van der Waals surface area contributed by atoms with Crippen LogP contribution in [0.5, 0.6) is 11.5 Å². The van der Waals surface area contributed by atoms with Crippen molar-refractivity contribution in [3.8, 4) is 22.1 Å². The average Bonchev–Trinajstić information content (AvgIpc) is 3.60. The van der Waals surface area contributed by atoms with Crippen molar-refractivity contribution in [1.82, 2.24) is 14.5 Å². The summed E-state index contributed by atoms with van der Waals surface area (Å²) in [5.41, 5.74) is 3.47. The Hall–Kier alpha value is -3.99. The van der Waals surface area contributed by atoms with Crippen molar-refractivity contribution in [2.24, 2.45) is 0 Å². The van der Waals surface area contributed by atoms with Crippen molar-refractivity contribution in [3.63, 3.8) is 0 Å². The highest BCUT2D eigenvalue weighted by Gasteiger charge is 2.42. The molecule has 1 saturated heterocycles.